The number of nitrogens with zero attached hydrogens (tertiary/aromatic N) is 7. The molecule has 2 aliphatic heterocycles. The first-order valence-electron chi connectivity index (χ1n) is 17.3. The summed E-state index contributed by atoms with van der Waals surface area (Å²) in [5.74, 6) is -1.90. The van der Waals surface area contributed by atoms with Crippen molar-refractivity contribution in [3.63, 3.8) is 0 Å². The van der Waals surface area contributed by atoms with Crippen LogP contribution in [0.25, 0.3) is 11.2 Å². The molecule has 1 saturated carbocycles. The number of aliphatic hydroxyl groups is 1. The maximum absolute atomic E-state index is 13.4. The van der Waals surface area contributed by atoms with Crippen molar-refractivity contribution in [3.05, 3.63) is 42.2 Å². The Labute approximate surface area is 289 Å². The predicted molar refractivity (Wildman–Crippen MR) is 181 cm³/mol. The molecule has 6 atom stereocenters. The number of carbonyl (C=O) groups is 2. The van der Waals surface area contributed by atoms with E-state index in [0.717, 1.165) is 44.5 Å². The minimum atomic E-state index is -5.28. The summed E-state index contributed by atoms with van der Waals surface area (Å²) in [6.07, 6.45) is -3.11. The van der Waals surface area contributed by atoms with E-state index in [-0.39, 0.29) is 24.9 Å². The number of rotatable bonds is 12. The van der Waals surface area contributed by atoms with E-state index < -0.39 is 42.3 Å². The van der Waals surface area contributed by atoms with Crippen LogP contribution in [-0.2, 0) is 20.7 Å². The lowest BCUT2D eigenvalue weighted by Gasteiger charge is -2.27. The number of hydrogen-bond donors (Lipinski definition) is 3. The number of nitrogens with one attached hydrogen (secondary N) is 2. The molecule has 3 aromatic rings. The number of esters is 1. The Balaban J connectivity index is 1.41. The summed E-state index contributed by atoms with van der Waals surface area (Å²) in [5, 5.41) is 17.5. The highest BCUT2D eigenvalue weighted by molar-refractivity contribution is 5.85. The van der Waals surface area contributed by atoms with Crippen LogP contribution in [0.1, 0.15) is 50.6 Å². The maximum atomic E-state index is 13.4. The van der Waals surface area contributed by atoms with Crippen molar-refractivity contribution in [3.8, 4) is 0 Å². The zero-order chi connectivity index (χ0) is 35.6. The van der Waals surface area contributed by atoms with E-state index in [1.165, 1.54) is 6.33 Å². The van der Waals surface area contributed by atoms with E-state index in [2.05, 4.69) is 42.5 Å². The number of likely N-dealkylation sites (tertiary alicyclic amines) is 1. The quantitative estimate of drug-likeness (QED) is 0.240. The third-order valence-electron chi connectivity index (χ3n) is 10.1. The molecule has 13 nitrogen and oxygen atoms in total. The molecule has 272 valence electrons. The van der Waals surface area contributed by atoms with E-state index in [0.29, 0.717) is 42.4 Å². The van der Waals surface area contributed by atoms with Gasteiger partial charge in [-0.15, -0.1) is 0 Å². The lowest BCUT2D eigenvalue weighted by molar-refractivity contribution is -0.209. The van der Waals surface area contributed by atoms with Crippen molar-refractivity contribution in [1.29, 1.82) is 0 Å². The van der Waals surface area contributed by atoms with Crippen molar-refractivity contribution in [2.24, 2.45) is 0 Å². The molecule has 16 heteroatoms. The zero-order valence-electron chi connectivity index (χ0n) is 28.6. The van der Waals surface area contributed by atoms with Crippen LogP contribution in [0.3, 0.4) is 0 Å². The molecule has 0 bridgehead atoms. The van der Waals surface area contributed by atoms with Crippen LogP contribution in [-0.4, -0.2) is 130 Å². The van der Waals surface area contributed by atoms with Crippen LogP contribution < -0.4 is 15.5 Å². The summed E-state index contributed by atoms with van der Waals surface area (Å²) in [6.45, 7) is 5.77. The number of amides is 1. The van der Waals surface area contributed by atoms with Crippen LogP contribution in [0.15, 0.2) is 36.7 Å². The molecule has 1 amide bonds. The first kappa shape index (κ1) is 35.8. The molecule has 6 rings (SSSR count). The zero-order valence-corrected chi connectivity index (χ0v) is 28.6. The van der Waals surface area contributed by atoms with Gasteiger partial charge >= 0.3 is 12.1 Å². The molecule has 3 N–H and O–H groups in total. The first-order valence-corrected chi connectivity index (χ1v) is 17.3. The number of alkyl halides is 3. The predicted octanol–water partition coefficient (Wildman–Crippen LogP) is 2.76. The summed E-state index contributed by atoms with van der Waals surface area (Å²) in [6, 6.07) is 8.40. The topological polar surface area (TPSA) is 141 Å². The molecule has 0 unspecified atom stereocenters. The second-order valence-electron chi connectivity index (χ2n) is 13.8. The van der Waals surface area contributed by atoms with Gasteiger partial charge < -0.3 is 39.7 Å². The van der Waals surface area contributed by atoms with Gasteiger partial charge in [-0.3, -0.25) is 4.79 Å². The van der Waals surface area contributed by atoms with Crippen molar-refractivity contribution in [1.82, 2.24) is 34.6 Å². The summed E-state index contributed by atoms with van der Waals surface area (Å²) < 4.78 is 46.7. The Hall–Kier alpha value is -4.02. The van der Waals surface area contributed by atoms with Gasteiger partial charge in [-0.25, -0.2) is 9.78 Å². The van der Waals surface area contributed by atoms with Gasteiger partial charge in [-0.05, 0) is 64.9 Å². The molecular formula is C34H46F3N9O4. The number of anilines is 2. The molecule has 0 radical (unpaired) electrons. The molecule has 3 aliphatic rings. The number of aromatic nitrogens is 4. The summed E-state index contributed by atoms with van der Waals surface area (Å²) in [4.78, 5) is 45.6. The molecule has 4 heterocycles. The minimum absolute atomic E-state index is 0.0196. The van der Waals surface area contributed by atoms with Gasteiger partial charge in [0.05, 0.1) is 18.4 Å². The molecule has 1 aliphatic carbocycles. The third kappa shape index (κ3) is 7.97. The molecule has 2 aromatic heterocycles. The van der Waals surface area contributed by atoms with Crippen molar-refractivity contribution in [2.45, 2.75) is 88.0 Å². The van der Waals surface area contributed by atoms with Crippen molar-refractivity contribution < 1.29 is 32.6 Å². The summed E-state index contributed by atoms with van der Waals surface area (Å²) in [5.41, 5.74) is 1.87. The Morgan fingerprint density at radius 1 is 1.12 bits per heavy atom. The normalized spacial score (nSPS) is 25.0. The number of aliphatic hydroxyl groups excluding tert-OH is 1. The van der Waals surface area contributed by atoms with Crippen molar-refractivity contribution in [2.75, 3.05) is 57.0 Å². The minimum Gasteiger partial charge on any atom is -0.451 e. The van der Waals surface area contributed by atoms with E-state index in [9.17, 15) is 27.9 Å². The average molecular weight is 702 g/mol. The summed E-state index contributed by atoms with van der Waals surface area (Å²) in [7, 11) is 4.04. The van der Waals surface area contributed by atoms with Gasteiger partial charge in [0, 0.05) is 38.1 Å². The molecule has 2 saturated heterocycles. The smallest absolute Gasteiger partial charge is 0.451 e. The Kier molecular flexibility index (Phi) is 10.8. The van der Waals surface area contributed by atoms with E-state index in [1.54, 1.807) is 11.5 Å². The van der Waals surface area contributed by atoms with Gasteiger partial charge in [-0.2, -0.15) is 23.1 Å². The van der Waals surface area contributed by atoms with Crippen LogP contribution >= 0.6 is 0 Å². The largest absolute Gasteiger partial charge is 0.490 e. The highest BCUT2D eigenvalue weighted by Crippen LogP contribution is 2.38. The number of halogens is 3. The maximum Gasteiger partial charge on any atom is 0.490 e. The van der Waals surface area contributed by atoms with Gasteiger partial charge in [0.2, 0.25) is 11.9 Å². The fourth-order valence-corrected chi connectivity index (χ4v) is 7.32. The molecule has 50 heavy (non-hydrogen) atoms. The first-order chi connectivity index (χ1) is 23.9. The van der Waals surface area contributed by atoms with Crippen LogP contribution in [0.5, 0.6) is 0 Å². The number of benzene rings is 1. The SMILES string of the molecule is CCC(=O)N[C@H]1C[C@@H](n2cnc3c(N[C@@H](Cc4ccccc4)CN4CCCC4)nc(N4CC[C@@H](N(C)C)C4)nc32)[C@H](OC(=O)C(F)(F)F)[C@@H]1O. The highest BCUT2D eigenvalue weighted by atomic mass is 19.4. The third-order valence-corrected chi connectivity index (χ3v) is 10.1. The average Bonchev–Trinajstić information content (AvgIpc) is 3.90. The van der Waals surface area contributed by atoms with Gasteiger partial charge in [-0.1, -0.05) is 37.3 Å². The Morgan fingerprint density at radius 2 is 1.86 bits per heavy atom. The second-order valence-corrected chi connectivity index (χ2v) is 13.8. The lowest BCUT2D eigenvalue weighted by Crippen LogP contribution is -2.45. The van der Waals surface area contributed by atoms with Crippen LogP contribution in [0.2, 0.25) is 0 Å². The molecular weight excluding hydrogens is 655 g/mol. The standard InChI is InChI=1S/C34H46F3N9O4/c1-4-26(47)40-24-17-25(29(28(24)48)50-32(49)34(35,36)37)46-20-38-27-30(41-33(42-31(27)46)45-15-12-23(19-45)43(2)3)39-22(18-44-13-8-9-14-44)16-21-10-6-5-7-11-21/h5-7,10-11,20,22-25,28-29,48H,4,8-9,12-19H2,1-3H3,(H,40,47)(H,39,41,42)/t22-,23+,24-,25+,28+,29-/m0/s1. The number of carbonyl (C=O) groups excluding carboxylic acids is 2. The Morgan fingerprint density at radius 3 is 2.52 bits per heavy atom. The summed E-state index contributed by atoms with van der Waals surface area (Å²) >= 11 is 0. The molecule has 3 fully saturated rings. The van der Waals surface area contributed by atoms with E-state index >= 15 is 0 Å². The molecule has 1 aromatic carbocycles. The van der Waals surface area contributed by atoms with Crippen LogP contribution in [0.4, 0.5) is 24.9 Å². The highest BCUT2D eigenvalue weighted by Gasteiger charge is 2.51. The fourth-order valence-electron chi connectivity index (χ4n) is 7.32. The fraction of sp³-hybridized carbons (Fsp3) is 0.618. The number of imidazole rings is 1. The van der Waals surface area contributed by atoms with E-state index in [4.69, 9.17) is 14.7 Å². The number of fused-ring (bicyclic) bond motifs is 1. The van der Waals surface area contributed by atoms with Gasteiger partial charge in [0.1, 0.15) is 6.10 Å². The number of hydrogen-bond acceptors (Lipinski definition) is 11. The second kappa shape index (κ2) is 15.1. The van der Waals surface area contributed by atoms with Crippen molar-refractivity contribution >= 4 is 34.8 Å². The van der Waals surface area contributed by atoms with E-state index in [1.807, 2.05) is 32.3 Å². The van der Waals surface area contributed by atoms with Gasteiger partial charge in [0.15, 0.2) is 23.1 Å². The number of ether oxygens (including phenoxy) is 1. The Bertz CT molecular complexity index is 1630. The molecule has 0 spiro atoms. The lowest BCUT2D eigenvalue weighted by atomic mass is 10.1. The van der Waals surface area contributed by atoms with Gasteiger partial charge in [0.25, 0.3) is 0 Å². The van der Waals surface area contributed by atoms with Crippen LogP contribution in [0, 0.1) is 0 Å². The number of likely N-dealkylation sites (N-methyl/N-ethyl adjacent to an activating group) is 1. The monoisotopic (exact) mass is 701 g/mol.